The van der Waals surface area contributed by atoms with Gasteiger partial charge in [0.2, 0.25) is 0 Å². The maximum atomic E-state index is 13.5. The third-order valence-corrected chi connectivity index (χ3v) is 2.92. The molecule has 0 atom stereocenters. The lowest BCUT2D eigenvalue weighted by atomic mass is 10.3. The van der Waals surface area contributed by atoms with E-state index in [1.54, 1.807) is 13.0 Å². The zero-order chi connectivity index (χ0) is 12.4. The number of rotatable bonds is 2. The van der Waals surface area contributed by atoms with Crippen LogP contribution in [0.5, 0.6) is 0 Å². The molecule has 3 nitrogen and oxygen atoms in total. The zero-order valence-electron chi connectivity index (χ0n) is 8.84. The molecule has 1 N–H and O–H groups in total. The van der Waals surface area contributed by atoms with Crippen LogP contribution in [0.3, 0.4) is 0 Å². The molecule has 88 valence electrons. The molecule has 0 aliphatic rings. The molecule has 1 aromatic heterocycles. The van der Waals surface area contributed by atoms with Crippen molar-refractivity contribution in [1.29, 1.82) is 0 Å². The first-order valence-electron chi connectivity index (χ1n) is 4.77. The van der Waals surface area contributed by atoms with Crippen LogP contribution < -0.4 is 5.32 Å². The van der Waals surface area contributed by atoms with Crippen LogP contribution in [0.25, 0.3) is 0 Å². The number of nitrogens with zero attached hydrogens (tertiary/aromatic N) is 2. The third-order valence-electron chi connectivity index (χ3n) is 2.23. The minimum atomic E-state index is -0.452. The number of hydrogen-bond acceptors (Lipinski definition) is 3. The number of halogens is 3. The lowest BCUT2D eigenvalue weighted by Gasteiger charge is -2.10. The molecule has 0 fully saturated rings. The van der Waals surface area contributed by atoms with Crippen molar-refractivity contribution in [3.8, 4) is 0 Å². The average Bonchev–Trinajstić information content (AvgIpc) is 2.29. The van der Waals surface area contributed by atoms with Crippen molar-refractivity contribution in [1.82, 2.24) is 9.97 Å². The highest BCUT2D eigenvalue weighted by atomic mass is 35.5. The maximum Gasteiger partial charge on any atom is 0.148 e. The average molecular weight is 272 g/mol. The van der Waals surface area contributed by atoms with E-state index in [0.717, 1.165) is 0 Å². The zero-order valence-corrected chi connectivity index (χ0v) is 10.3. The molecule has 1 heterocycles. The first-order chi connectivity index (χ1) is 8.09. The first-order valence-corrected chi connectivity index (χ1v) is 5.53. The van der Waals surface area contributed by atoms with Crippen LogP contribution >= 0.6 is 23.2 Å². The molecule has 0 amide bonds. The fourth-order valence-electron chi connectivity index (χ4n) is 1.29. The summed E-state index contributed by atoms with van der Waals surface area (Å²) in [6.07, 6.45) is 1.30. The van der Waals surface area contributed by atoms with Crippen molar-refractivity contribution < 1.29 is 4.39 Å². The summed E-state index contributed by atoms with van der Waals surface area (Å²) in [7, 11) is 0. The Bertz CT molecular complexity index is 540. The summed E-state index contributed by atoms with van der Waals surface area (Å²) in [5, 5.41) is 3.40. The van der Waals surface area contributed by atoms with Gasteiger partial charge in [-0.25, -0.2) is 14.4 Å². The van der Waals surface area contributed by atoms with Gasteiger partial charge >= 0.3 is 0 Å². The molecule has 0 radical (unpaired) electrons. The smallest absolute Gasteiger partial charge is 0.148 e. The van der Waals surface area contributed by atoms with E-state index in [1.165, 1.54) is 18.5 Å². The van der Waals surface area contributed by atoms with Gasteiger partial charge in [-0.05, 0) is 19.1 Å². The van der Waals surface area contributed by atoms with Gasteiger partial charge in [0.25, 0.3) is 0 Å². The molecule has 0 aliphatic carbocycles. The normalized spacial score (nSPS) is 10.4. The molecule has 6 heteroatoms. The fourth-order valence-corrected chi connectivity index (χ4v) is 1.63. The van der Waals surface area contributed by atoms with E-state index < -0.39 is 5.82 Å². The molecule has 17 heavy (non-hydrogen) atoms. The minimum absolute atomic E-state index is 0.173. The quantitative estimate of drug-likeness (QED) is 0.840. The van der Waals surface area contributed by atoms with E-state index in [1.807, 2.05) is 0 Å². The molecule has 1 aromatic carbocycles. The highest BCUT2D eigenvalue weighted by molar-refractivity contribution is 6.33. The van der Waals surface area contributed by atoms with E-state index in [4.69, 9.17) is 23.2 Å². The molecule has 0 saturated heterocycles. The Balaban J connectivity index is 2.42. The first kappa shape index (κ1) is 12.1. The van der Waals surface area contributed by atoms with Crippen LogP contribution in [0.15, 0.2) is 24.5 Å². The van der Waals surface area contributed by atoms with Crippen LogP contribution in [0.2, 0.25) is 10.2 Å². The Labute approximate surface area is 108 Å². The van der Waals surface area contributed by atoms with Gasteiger partial charge in [0, 0.05) is 5.56 Å². The molecular weight excluding hydrogens is 264 g/mol. The van der Waals surface area contributed by atoms with Crippen molar-refractivity contribution >= 4 is 34.7 Å². The molecule has 0 bridgehead atoms. The van der Waals surface area contributed by atoms with Crippen LogP contribution in [0, 0.1) is 12.7 Å². The Hall–Kier alpha value is -1.39. The minimum Gasteiger partial charge on any atom is -0.336 e. The summed E-state index contributed by atoms with van der Waals surface area (Å²) in [5.41, 5.74) is 0.806. The van der Waals surface area contributed by atoms with Gasteiger partial charge in [-0.2, -0.15) is 0 Å². The highest BCUT2D eigenvalue weighted by Crippen LogP contribution is 2.29. The third kappa shape index (κ3) is 2.48. The molecule has 0 aliphatic heterocycles. The lowest BCUT2D eigenvalue weighted by Crippen LogP contribution is -2.00. The molecule has 2 rings (SSSR count). The van der Waals surface area contributed by atoms with Gasteiger partial charge < -0.3 is 5.32 Å². The van der Waals surface area contributed by atoms with Crippen molar-refractivity contribution in [3.63, 3.8) is 0 Å². The van der Waals surface area contributed by atoms with Gasteiger partial charge in [0.1, 0.15) is 23.1 Å². The maximum absolute atomic E-state index is 13.5. The number of anilines is 2. The number of para-hydroxylation sites is 1. The second kappa shape index (κ2) is 4.85. The van der Waals surface area contributed by atoms with Crippen molar-refractivity contribution in [2.45, 2.75) is 6.92 Å². The Morgan fingerprint density at radius 1 is 1.24 bits per heavy atom. The molecular formula is C11H8Cl2FN3. The Kier molecular flexibility index (Phi) is 3.45. The molecule has 0 spiro atoms. The molecule has 0 saturated carbocycles. The van der Waals surface area contributed by atoms with E-state index >= 15 is 0 Å². The fraction of sp³-hybridized carbons (Fsp3) is 0.0909. The van der Waals surface area contributed by atoms with Gasteiger partial charge in [-0.3, -0.25) is 0 Å². The SMILES string of the molecule is Cc1c(Cl)ncnc1Nc1c(F)cccc1Cl. The van der Waals surface area contributed by atoms with E-state index in [2.05, 4.69) is 15.3 Å². The van der Waals surface area contributed by atoms with Crippen LogP contribution in [0.4, 0.5) is 15.9 Å². The van der Waals surface area contributed by atoms with E-state index in [0.29, 0.717) is 16.5 Å². The van der Waals surface area contributed by atoms with E-state index in [-0.39, 0.29) is 10.7 Å². The van der Waals surface area contributed by atoms with Gasteiger partial charge in [0.15, 0.2) is 0 Å². The summed E-state index contributed by atoms with van der Waals surface area (Å²) < 4.78 is 13.5. The topological polar surface area (TPSA) is 37.8 Å². The second-order valence-electron chi connectivity index (χ2n) is 3.36. The summed E-state index contributed by atoms with van der Waals surface area (Å²) in [4.78, 5) is 7.80. The van der Waals surface area contributed by atoms with Crippen LogP contribution in [-0.2, 0) is 0 Å². The van der Waals surface area contributed by atoms with Crippen LogP contribution in [0.1, 0.15) is 5.56 Å². The number of hydrogen-bond donors (Lipinski definition) is 1. The monoisotopic (exact) mass is 271 g/mol. The largest absolute Gasteiger partial charge is 0.336 e. The summed E-state index contributed by atoms with van der Waals surface area (Å²) >= 11 is 11.7. The summed E-state index contributed by atoms with van der Waals surface area (Å²) in [6.45, 7) is 1.74. The standard InChI is InChI=1S/C11H8Cl2FN3/c1-6-10(13)15-5-16-11(6)17-9-7(12)3-2-4-8(9)14/h2-5H,1H3,(H,15,16,17). The van der Waals surface area contributed by atoms with E-state index in [9.17, 15) is 4.39 Å². The van der Waals surface area contributed by atoms with Crippen molar-refractivity contribution in [3.05, 3.63) is 46.1 Å². The number of nitrogens with one attached hydrogen (secondary N) is 1. The van der Waals surface area contributed by atoms with Gasteiger partial charge in [-0.15, -0.1) is 0 Å². The Morgan fingerprint density at radius 2 is 2.00 bits per heavy atom. The second-order valence-corrected chi connectivity index (χ2v) is 4.12. The highest BCUT2D eigenvalue weighted by Gasteiger charge is 2.10. The number of benzene rings is 1. The van der Waals surface area contributed by atoms with Crippen molar-refractivity contribution in [2.24, 2.45) is 0 Å². The lowest BCUT2D eigenvalue weighted by molar-refractivity contribution is 0.632. The molecule has 2 aromatic rings. The predicted molar refractivity (Wildman–Crippen MR) is 66.5 cm³/mol. The predicted octanol–water partition coefficient (Wildman–Crippen LogP) is 3.97. The van der Waals surface area contributed by atoms with Crippen molar-refractivity contribution in [2.75, 3.05) is 5.32 Å². The summed E-state index contributed by atoms with van der Waals surface area (Å²) in [6, 6.07) is 4.43. The molecule has 0 unspecified atom stereocenters. The summed E-state index contributed by atoms with van der Waals surface area (Å²) in [5.74, 6) is -0.0244. The van der Waals surface area contributed by atoms with Gasteiger partial charge in [0.05, 0.1) is 10.7 Å². The van der Waals surface area contributed by atoms with Crippen LogP contribution in [-0.4, -0.2) is 9.97 Å². The van der Waals surface area contributed by atoms with Gasteiger partial charge in [-0.1, -0.05) is 29.3 Å². The number of aromatic nitrogens is 2. The Morgan fingerprint density at radius 3 is 2.71 bits per heavy atom.